The Bertz CT molecular complexity index is 416. The molecule has 0 bridgehead atoms. The van der Waals surface area contributed by atoms with Crippen LogP contribution in [0.1, 0.15) is 11.7 Å². The number of carboxylic acids is 1. The van der Waals surface area contributed by atoms with Gasteiger partial charge in [-0.15, -0.1) is 0 Å². The van der Waals surface area contributed by atoms with Gasteiger partial charge in [-0.3, -0.25) is 5.43 Å². The van der Waals surface area contributed by atoms with Gasteiger partial charge < -0.3 is 10.2 Å². The van der Waals surface area contributed by atoms with Crippen LogP contribution in [0, 0.1) is 0 Å². The van der Waals surface area contributed by atoms with Crippen molar-refractivity contribution in [3.05, 3.63) is 23.9 Å². The van der Waals surface area contributed by atoms with E-state index in [1.807, 2.05) is 0 Å². The molecule has 1 aliphatic rings. The molecule has 2 heterocycles. The summed E-state index contributed by atoms with van der Waals surface area (Å²) in [5.41, 5.74) is 2.55. The fraction of sp³-hybridized carbons (Fsp3) is 0.125. The van der Waals surface area contributed by atoms with E-state index in [9.17, 15) is 9.90 Å². The molecule has 1 atom stereocenters. The first kappa shape index (κ1) is 8.64. The van der Waals surface area contributed by atoms with Gasteiger partial charge in [0, 0.05) is 11.8 Å². The van der Waals surface area contributed by atoms with E-state index < -0.39 is 12.1 Å². The van der Waals surface area contributed by atoms with E-state index in [0.29, 0.717) is 11.4 Å². The minimum Gasteiger partial charge on any atom is -0.477 e. The molecule has 6 heteroatoms. The van der Waals surface area contributed by atoms with Gasteiger partial charge in [0.1, 0.15) is 6.10 Å². The molecule has 0 aromatic carbocycles. The van der Waals surface area contributed by atoms with Gasteiger partial charge in [-0.2, -0.15) is 5.10 Å². The second-order valence-corrected chi connectivity index (χ2v) is 2.76. The van der Waals surface area contributed by atoms with E-state index in [2.05, 4.69) is 15.5 Å². The molecule has 1 aromatic rings. The van der Waals surface area contributed by atoms with Crippen LogP contribution in [-0.4, -0.2) is 26.9 Å². The number of aliphatic hydroxyl groups is 1. The Morgan fingerprint density at radius 3 is 3.07 bits per heavy atom. The van der Waals surface area contributed by atoms with E-state index in [4.69, 9.17) is 5.11 Å². The number of nitrogens with zero attached hydrogens (tertiary/aromatic N) is 2. The Hall–Kier alpha value is -1.95. The number of rotatable bonds is 1. The number of carbonyl (C=O) groups is 1. The van der Waals surface area contributed by atoms with Gasteiger partial charge in [-0.25, -0.2) is 9.78 Å². The molecular weight excluding hydrogens is 186 g/mol. The normalized spacial score (nSPS) is 19.2. The maximum atomic E-state index is 10.6. The van der Waals surface area contributed by atoms with Crippen LogP contribution in [0.2, 0.25) is 0 Å². The quantitative estimate of drug-likeness (QED) is 0.582. The zero-order chi connectivity index (χ0) is 10.1. The van der Waals surface area contributed by atoms with E-state index in [1.54, 1.807) is 12.1 Å². The van der Waals surface area contributed by atoms with Crippen LogP contribution in [0.25, 0.3) is 0 Å². The predicted molar refractivity (Wildman–Crippen MR) is 47.9 cm³/mol. The standard InChI is InChI=1S/C8H7N3O3/c12-6-4-2-1-3-9-7(4)11-10-5(6)8(13)14/h1-3,6,12H,(H,9,11)(H,13,14). The molecule has 3 N–H and O–H groups in total. The van der Waals surface area contributed by atoms with E-state index in [0.717, 1.165) is 0 Å². The zero-order valence-electron chi connectivity index (χ0n) is 7.01. The highest BCUT2D eigenvalue weighted by atomic mass is 16.4. The number of hydrogen-bond acceptors (Lipinski definition) is 5. The summed E-state index contributed by atoms with van der Waals surface area (Å²) in [6.45, 7) is 0. The average Bonchev–Trinajstić information content (AvgIpc) is 2.18. The van der Waals surface area contributed by atoms with Crippen LogP contribution in [0.4, 0.5) is 5.82 Å². The first-order valence-corrected chi connectivity index (χ1v) is 3.90. The number of hydrazone groups is 1. The number of pyridine rings is 1. The fourth-order valence-electron chi connectivity index (χ4n) is 1.22. The lowest BCUT2D eigenvalue weighted by Gasteiger charge is -2.18. The van der Waals surface area contributed by atoms with Crippen LogP contribution in [0.3, 0.4) is 0 Å². The molecule has 1 aromatic heterocycles. The number of aliphatic hydroxyl groups excluding tert-OH is 1. The summed E-state index contributed by atoms with van der Waals surface area (Å²) in [6, 6.07) is 3.21. The Morgan fingerprint density at radius 1 is 1.57 bits per heavy atom. The van der Waals surface area contributed by atoms with Crippen LogP contribution < -0.4 is 5.43 Å². The molecular formula is C8H7N3O3. The van der Waals surface area contributed by atoms with Crippen molar-refractivity contribution in [1.82, 2.24) is 4.98 Å². The summed E-state index contributed by atoms with van der Waals surface area (Å²) in [4.78, 5) is 14.5. The highest BCUT2D eigenvalue weighted by Gasteiger charge is 2.28. The Morgan fingerprint density at radius 2 is 2.36 bits per heavy atom. The minimum atomic E-state index is -1.25. The smallest absolute Gasteiger partial charge is 0.355 e. The lowest BCUT2D eigenvalue weighted by Crippen LogP contribution is -2.27. The lowest BCUT2D eigenvalue weighted by atomic mass is 10.1. The molecule has 2 rings (SSSR count). The third-order valence-corrected chi connectivity index (χ3v) is 1.89. The summed E-state index contributed by atoms with van der Waals surface area (Å²) in [5, 5.41) is 21.8. The number of aliphatic carboxylic acids is 1. The largest absolute Gasteiger partial charge is 0.477 e. The highest BCUT2D eigenvalue weighted by molar-refractivity contribution is 6.37. The Labute approximate surface area is 78.9 Å². The second-order valence-electron chi connectivity index (χ2n) is 2.76. The van der Waals surface area contributed by atoms with Crippen molar-refractivity contribution in [2.24, 2.45) is 5.10 Å². The number of anilines is 1. The molecule has 0 fully saturated rings. The molecule has 72 valence electrons. The third kappa shape index (κ3) is 1.21. The van der Waals surface area contributed by atoms with Gasteiger partial charge in [0.15, 0.2) is 11.5 Å². The molecule has 0 saturated carbocycles. The first-order valence-electron chi connectivity index (χ1n) is 3.90. The topological polar surface area (TPSA) is 94.8 Å². The fourth-order valence-corrected chi connectivity index (χ4v) is 1.22. The zero-order valence-corrected chi connectivity index (χ0v) is 7.01. The third-order valence-electron chi connectivity index (χ3n) is 1.89. The molecule has 0 radical (unpaired) electrons. The molecule has 1 aliphatic heterocycles. The molecule has 0 spiro atoms. The molecule has 1 unspecified atom stereocenters. The average molecular weight is 193 g/mol. The van der Waals surface area contributed by atoms with Gasteiger partial charge in [-0.1, -0.05) is 6.07 Å². The van der Waals surface area contributed by atoms with E-state index in [1.165, 1.54) is 6.20 Å². The van der Waals surface area contributed by atoms with E-state index in [-0.39, 0.29) is 5.71 Å². The maximum Gasteiger partial charge on any atom is 0.355 e. The van der Waals surface area contributed by atoms with Crippen LogP contribution in [-0.2, 0) is 4.79 Å². The van der Waals surface area contributed by atoms with E-state index >= 15 is 0 Å². The lowest BCUT2D eigenvalue weighted by molar-refractivity contribution is -0.129. The second kappa shape index (κ2) is 3.08. The Balaban J connectivity index is 2.44. The Kier molecular flexibility index (Phi) is 1.90. The summed E-state index contributed by atoms with van der Waals surface area (Å²) in [5.74, 6) is -0.871. The molecule has 0 saturated heterocycles. The van der Waals surface area contributed by atoms with Crippen molar-refractivity contribution in [2.75, 3.05) is 5.43 Å². The van der Waals surface area contributed by atoms with Gasteiger partial charge >= 0.3 is 5.97 Å². The predicted octanol–water partition coefficient (Wildman–Crippen LogP) is -0.0189. The van der Waals surface area contributed by atoms with Gasteiger partial charge in [0.05, 0.1) is 0 Å². The highest BCUT2D eigenvalue weighted by Crippen LogP contribution is 2.25. The van der Waals surface area contributed by atoms with Crippen molar-refractivity contribution in [3.8, 4) is 0 Å². The maximum absolute atomic E-state index is 10.6. The summed E-state index contributed by atoms with van der Waals surface area (Å²) in [6.07, 6.45) is 0.303. The van der Waals surface area contributed by atoms with Gasteiger partial charge in [0.25, 0.3) is 0 Å². The molecule has 0 amide bonds. The minimum absolute atomic E-state index is 0.328. The van der Waals surface area contributed by atoms with Crippen LogP contribution >= 0.6 is 0 Å². The van der Waals surface area contributed by atoms with Crippen LogP contribution in [0.15, 0.2) is 23.4 Å². The van der Waals surface area contributed by atoms with Crippen molar-refractivity contribution < 1.29 is 15.0 Å². The molecule has 0 aliphatic carbocycles. The summed E-state index contributed by atoms with van der Waals surface area (Å²) < 4.78 is 0. The molecule has 14 heavy (non-hydrogen) atoms. The van der Waals surface area contributed by atoms with Crippen LogP contribution in [0.5, 0.6) is 0 Å². The number of hydrogen-bond donors (Lipinski definition) is 3. The van der Waals surface area contributed by atoms with Crippen molar-refractivity contribution in [3.63, 3.8) is 0 Å². The summed E-state index contributed by atoms with van der Waals surface area (Å²) in [7, 11) is 0. The molecule has 6 nitrogen and oxygen atoms in total. The summed E-state index contributed by atoms with van der Waals surface area (Å²) >= 11 is 0. The first-order chi connectivity index (χ1) is 6.70. The van der Waals surface area contributed by atoms with Crippen molar-refractivity contribution in [1.29, 1.82) is 0 Å². The van der Waals surface area contributed by atoms with Crippen molar-refractivity contribution in [2.45, 2.75) is 6.10 Å². The number of nitrogens with one attached hydrogen (secondary N) is 1. The number of aromatic nitrogens is 1. The number of carboxylic acid groups (broad SMARTS) is 1. The number of fused-ring (bicyclic) bond motifs is 1. The monoisotopic (exact) mass is 193 g/mol. The van der Waals surface area contributed by atoms with Gasteiger partial charge in [-0.05, 0) is 6.07 Å². The van der Waals surface area contributed by atoms with Gasteiger partial charge in [0.2, 0.25) is 0 Å². The SMILES string of the molecule is O=C(O)C1=NNc2ncccc2C1O. The van der Waals surface area contributed by atoms with Crippen molar-refractivity contribution >= 4 is 17.5 Å².